The fourth-order valence-electron chi connectivity index (χ4n) is 3.29. The van der Waals surface area contributed by atoms with Gasteiger partial charge < -0.3 is 0 Å². The van der Waals surface area contributed by atoms with E-state index in [-0.39, 0.29) is 17.4 Å². The standard InChI is InChI=1S/C16H16N4O2/c1-10-16(8-5-9-16)14(22)20(18-10)15-17-12-7-4-3-6-11(12)13(21)19(15)2/h3-4,6-7H,5,8-9H2,1-2H3. The predicted molar refractivity (Wildman–Crippen MR) is 83.9 cm³/mol. The van der Waals surface area contributed by atoms with Gasteiger partial charge in [0.2, 0.25) is 5.95 Å². The van der Waals surface area contributed by atoms with E-state index in [9.17, 15) is 9.59 Å². The van der Waals surface area contributed by atoms with E-state index in [1.54, 1.807) is 25.2 Å². The minimum absolute atomic E-state index is 0.0611. The van der Waals surface area contributed by atoms with Crippen LogP contribution in [0.4, 0.5) is 5.95 Å². The van der Waals surface area contributed by atoms with Gasteiger partial charge in [-0.15, -0.1) is 0 Å². The molecule has 1 aliphatic carbocycles. The van der Waals surface area contributed by atoms with Crippen LogP contribution in [0.5, 0.6) is 0 Å². The smallest absolute Gasteiger partial charge is 0.262 e. The fraction of sp³-hybridized carbons (Fsp3) is 0.375. The van der Waals surface area contributed by atoms with Crippen LogP contribution in [-0.2, 0) is 11.8 Å². The van der Waals surface area contributed by atoms with Gasteiger partial charge in [-0.2, -0.15) is 10.1 Å². The third-order valence-electron chi connectivity index (χ3n) is 4.90. The zero-order valence-electron chi connectivity index (χ0n) is 12.5. The second-order valence-corrected chi connectivity index (χ2v) is 6.03. The number of hydrazone groups is 1. The van der Waals surface area contributed by atoms with Gasteiger partial charge in [0.15, 0.2) is 0 Å². The summed E-state index contributed by atoms with van der Waals surface area (Å²) in [7, 11) is 1.63. The SMILES string of the molecule is CC1=NN(c2nc3ccccc3c(=O)n2C)C(=O)C12CCC2. The zero-order valence-corrected chi connectivity index (χ0v) is 12.5. The molecule has 6 nitrogen and oxygen atoms in total. The van der Waals surface area contributed by atoms with Crippen molar-refractivity contribution in [2.45, 2.75) is 26.2 Å². The van der Waals surface area contributed by atoms with Gasteiger partial charge in [-0.3, -0.25) is 14.2 Å². The van der Waals surface area contributed by atoms with E-state index in [0.29, 0.717) is 10.9 Å². The normalized spacial score (nSPS) is 19.6. The number of aromatic nitrogens is 2. The molecule has 2 aromatic rings. The molecule has 2 heterocycles. The Kier molecular flexibility index (Phi) is 2.55. The maximum Gasteiger partial charge on any atom is 0.262 e. The van der Waals surface area contributed by atoms with Crippen molar-refractivity contribution in [3.63, 3.8) is 0 Å². The van der Waals surface area contributed by atoms with Gasteiger partial charge in [0.1, 0.15) is 0 Å². The molecule has 1 aromatic carbocycles. The van der Waals surface area contributed by atoms with Gasteiger partial charge in [-0.05, 0) is 31.9 Å². The predicted octanol–water partition coefficient (Wildman–Crippen LogP) is 1.83. The van der Waals surface area contributed by atoms with Gasteiger partial charge >= 0.3 is 0 Å². The zero-order chi connectivity index (χ0) is 15.5. The molecule has 1 amide bonds. The number of para-hydroxylation sites is 1. The maximum absolute atomic E-state index is 12.8. The summed E-state index contributed by atoms with van der Waals surface area (Å²) in [5.74, 6) is 0.228. The molecule has 0 N–H and O–H groups in total. The summed E-state index contributed by atoms with van der Waals surface area (Å²) in [6.45, 7) is 1.89. The average Bonchev–Trinajstić information content (AvgIpc) is 2.74. The van der Waals surface area contributed by atoms with Gasteiger partial charge in [-0.1, -0.05) is 18.6 Å². The lowest BCUT2D eigenvalue weighted by Gasteiger charge is -2.36. The quantitative estimate of drug-likeness (QED) is 0.806. The second kappa shape index (κ2) is 4.25. The van der Waals surface area contributed by atoms with Crippen molar-refractivity contribution >= 4 is 28.5 Å². The Morgan fingerprint density at radius 2 is 1.91 bits per heavy atom. The largest absolute Gasteiger partial charge is 0.279 e. The molecular weight excluding hydrogens is 280 g/mol. The highest BCUT2D eigenvalue weighted by atomic mass is 16.2. The van der Waals surface area contributed by atoms with Gasteiger partial charge in [-0.25, -0.2) is 4.98 Å². The lowest BCUT2D eigenvalue weighted by molar-refractivity contribution is -0.127. The lowest BCUT2D eigenvalue weighted by Crippen LogP contribution is -2.45. The summed E-state index contributed by atoms with van der Waals surface area (Å²) in [5.41, 5.74) is 0.779. The molecule has 1 saturated carbocycles. The first-order chi connectivity index (χ1) is 10.5. The average molecular weight is 296 g/mol. The number of hydrogen-bond donors (Lipinski definition) is 0. The molecule has 0 bridgehead atoms. The number of anilines is 1. The van der Waals surface area contributed by atoms with E-state index in [4.69, 9.17) is 0 Å². The Balaban J connectivity index is 1.91. The molecule has 1 aliphatic heterocycles. The van der Waals surface area contributed by atoms with Crippen LogP contribution in [0.15, 0.2) is 34.2 Å². The molecule has 6 heteroatoms. The number of amides is 1. The van der Waals surface area contributed by atoms with Crippen LogP contribution in [-0.4, -0.2) is 21.2 Å². The topological polar surface area (TPSA) is 67.6 Å². The third kappa shape index (κ3) is 1.49. The highest BCUT2D eigenvalue weighted by molar-refractivity contribution is 6.18. The minimum atomic E-state index is -0.455. The van der Waals surface area contributed by atoms with Crippen molar-refractivity contribution < 1.29 is 4.79 Å². The van der Waals surface area contributed by atoms with Crippen molar-refractivity contribution in [1.29, 1.82) is 0 Å². The van der Waals surface area contributed by atoms with Crippen LogP contribution in [0.1, 0.15) is 26.2 Å². The molecular formula is C16H16N4O2. The first-order valence-electron chi connectivity index (χ1n) is 7.41. The third-order valence-corrected chi connectivity index (χ3v) is 4.90. The van der Waals surface area contributed by atoms with E-state index in [1.807, 2.05) is 13.0 Å². The molecule has 1 fully saturated rings. The Morgan fingerprint density at radius 3 is 2.55 bits per heavy atom. The van der Waals surface area contributed by atoms with Crippen molar-refractivity contribution in [2.75, 3.05) is 5.01 Å². The van der Waals surface area contributed by atoms with E-state index >= 15 is 0 Å². The summed E-state index contributed by atoms with van der Waals surface area (Å²) >= 11 is 0. The molecule has 112 valence electrons. The lowest BCUT2D eigenvalue weighted by atomic mass is 9.66. The number of carbonyl (C=O) groups is 1. The van der Waals surface area contributed by atoms with E-state index in [0.717, 1.165) is 25.0 Å². The fourth-order valence-corrected chi connectivity index (χ4v) is 3.29. The van der Waals surface area contributed by atoms with Gasteiger partial charge in [0, 0.05) is 7.05 Å². The van der Waals surface area contributed by atoms with E-state index in [1.165, 1.54) is 9.58 Å². The summed E-state index contributed by atoms with van der Waals surface area (Å²) in [6.07, 6.45) is 2.70. The van der Waals surface area contributed by atoms with Crippen molar-refractivity contribution in [3.05, 3.63) is 34.6 Å². The maximum atomic E-state index is 12.8. The number of hydrogen-bond acceptors (Lipinski definition) is 4. The van der Waals surface area contributed by atoms with Crippen molar-refractivity contribution in [3.8, 4) is 0 Å². The second-order valence-electron chi connectivity index (χ2n) is 6.03. The molecule has 1 spiro atoms. The van der Waals surface area contributed by atoms with Gasteiger partial charge in [0.25, 0.3) is 11.5 Å². The van der Waals surface area contributed by atoms with Crippen LogP contribution in [0.3, 0.4) is 0 Å². The number of fused-ring (bicyclic) bond motifs is 1. The number of nitrogens with zero attached hydrogens (tertiary/aromatic N) is 4. The Morgan fingerprint density at radius 1 is 1.18 bits per heavy atom. The van der Waals surface area contributed by atoms with Crippen LogP contribution >= 0.6 is 0 Å². The molecule has 22 heavy (non-hydrogen) atoms. The molecule has 0 saturated heterocycles. The van der Waals surface area contributed by atoms with Crippen LogP contribution < -0.4 is 10.6 Å². The first kappa shape index (κ1) is 13.2. The molecule has 1 aromatic heterocycles. The Labute approximate surface area is 127 Å². The van der Waals surface area contributed by atoms with Gasteiger partial charge in [0.05, 0.1) is 22.0 Å². The monoisotopic (exact) mass is 296 g/mol. The van der Waals surface area contributed by atoms with E-state index in [2.05, 4.69) is 10.1 Å². The summed E-state index contributed by atoms with van der Waals surface area (Å²) in [4.78, 5) is 29.7. The van der Waals surface area contributed by atoms with Crippen LogP contribution in [0, 0.1) is 5.41 Å². The summed E-state index contributed by atoms with van der Waals surface area (Å²) < 4.78 is 1.40. The molecule has 2 aliphatic rings. The van der Waals surface area contributed by atoms with Crippen molar-refractivity contribution in [2.24, 2.45) is 17.6 Å². The number of benzene rings is 1. The van der Waals surface area contributed by atoms with Crippen LogP contribution in [0.2, 0.25) is 0 Å². The highest BCUT2D eigenvalue weighted by Crippen LogP contribution is 2.47. The Bertz CT molecular complexity index is 893. The number of rotatable bonds is 1. The van der Waals surface area contributed by atoms with Crippen molar-refractivity contribution in [1.82, 2.24) is 9.55 Å². The summed E-state index contributed by atoms with van der Waals surface area (Å²) in [5, 5.41) is 6.25. The molecule has 0 radical (unpaired) electrons. The number of carbonyl (C=O) groups excluding carboxylic acids is 1. The summed E-state index contributed by atoms with van der Waals surface area (Å²) in [6, 6.07) is 7.14. The molecule has 0 atom stereocenters. The highest BCUT2D eigenvalue weighted by Gasteiger charge is 2.54. The van der Waals surface area contributed by atoms with E-state index < -0.39 is 5.41 Å². The van der Waals surface area contributed by atoms with Crippen LogP contribution in [0.25, 0.3) is 10.9 Å². The Hall–Kier alpha value is -2.50. The first-order valence-corrected chi connectivity index (χ1v) is 7.41. The molecule has 0 unspecified atom stereocenters. The molecule has 4 rings (SSSR count). The minimum Gasteiger partial charge on any atom is -0.279 e.